The fourth-order valence-corrected chi connectivity index (χ4v) is 0.965. The molecule has 0 aromatic heterocycles. The van der Waals surface area contributed by atoms with Crippen LogP contribution in [0.25, 0.3) is 0 Å². The maximum absolute atomic E-state index is 10.2. The lowest BCUT2D eigenvalue weighted by atomic mass is 10.2. The number of nitro groups is 1. The molecule has 4 heteroatoms. The lowest BCUT2D eigenvalue weighted by molar-refractivity contribution is -0.384. The Hall–Kier alpha value is -1.03. The molecule has 0 heterocycles. The van der Waals surface area contributed by atoms with E-state index in [2.05, 4.69) is 12.6 Å². The van der Waals surface area contributed by atoms with Gasteiger partial charge in [-0.05, 0) is 5.56 Å². The van der Waals surface area contributed by atoms with Crippen LogP contribution in [0.2, 0.25) is 0 Å². The molecule has 0 amide bonds. The molecule has 0 saturated heterocycles. The van der Waals surface area contributed by atoms with Gasteiger partial charge in [-0.25, -0.2) is 0 Å². The van der Waals surface area contributed by atoms with Crippen molar-refractivity contribution >= 4 is 18.3 Å². The van der Waals surface area contributed by atoms with Crippen molar-refractivity contribution in [3.8, 4) is 0 Å². The third-order valence-electron chi connectivity index (χ3n) is 1.30. The van der Waals surface area contributed by atoms with E-state index in [1.54, 1.807) is 12.1 Å². The second-order valence-corrected chi connectivity index (χ2v) is 2.40. The number of nitro benzene ring substituents is 1. The average molecular weight is 199 g/mol. The van der Waals surface area contributed by atoms with Crippen LogP contribution in [0.4, 0.5) is 5.69 Å². The first-order chi connectivity index (χ1) is 6.24. The highest BCUT2D eigenvalue weighted by atomic mass is 32.1. The Labute approximate surface area is 83.3 Å². The first-order valence-electron chi connectivity index (χ1n) is 4.08. The number of benzene rings is 1. The van der Waals surface area contributed by atoms with Gasteiger partial charge < -0.3 is 0 Å². The summed E-state index contributed by atoms with van der Waals surface area (Å²) >= 11 is 4.00. The summed E-state index contributed by atoms with van der Waals surface area (Å²) in [6.07, 6.45) is 0. The Balaban J connectivity index is 0.000000671. The standard InChI is InChI=1S/C7H7NO2S.C2H6/c9-8(10)7-3-1-2-6(4-7)5-11;1-2/h1-4,11H,5H2;1-2H3. The molecule has 0 aliphatic carbocycles. The van der Waals surface area contributed by atoms with E-state index in [4.69, 9.17) is 0 Å². The summed E-state index contributed by atoms with van der Waals surface area (Å²) in [5, 5.41) is 10.2. The maximum atomic E-state index is 10.2. The topological polar surface area (TPSA) is 43.1 Å². The molecule has 0 fully saturated rings. The predicted octanol–water partition coefficient (Wildman–Crippen LogP) is 3.05. The van der Waals surface area contributed by atoms with Crippen LogP contribution in [-0.2, 0) is 5.75 Å². The number of hydrogen-bond donors (Lipinski definition) is 1. The van der Waals surface area contributed by atoms with E-state index in [0.717, 1.165) is 5.56 Å². The SMILES string of the molecule is CC.O=[N+]([O-])c1cccc(CS)c1. The zero-order chi connectivity index (χ0) is 10.3. The first kappa shape index (κ1) is 12.0. The predicted molar refractivity (Wildman–Crippen MR) is 57.1 cm³/mol. The first-order valence-corrected chi connectivity index (χ1v) is 4.71. The van der Waals surface area contributed by atoms with Gasteiger partial charge in [0.05, 0.1) is 4.92 Å². The minimum absolute atomic E-state index is 0.122. The van der Waals surface area contributed by atoms with E-state index >= 15 is 0 Å². The molecule has 0 aliphatic rings. The highest BCUT2D eigenvalue weighted by Gasteiger charge is 2.03. The van der Waals surface area contributed by atoms with E-state index in [9.17, 15) is 10.1 Å². The van der Waals surface area contributed by atoms with E-state index < -0.39 is 4.92 Å². The van der Waals surface area contributed by atoms with Gasteiger partial charge in [0.2, 0.25) is 0 Å². The van der Waals surface area contributed by atoms with Gasteiger partial charge >= 0.3 is 0 Å². The molecule has 0 unspecified atom stereocenters. The van der Waals surface area contributed by atoms with Crippen molar-refractivity contribution < 1.29 is 4.92 Å². The molecule has 3 nitrogen and oxygen atoms in total. The van der Waals surface area contributed by atoms with Crippen LogP contribution in [0, 0.1) is 10.1 Å². The zero-order valence-corrected chi connectivity index (χ0v) is 8.62. The summed E-state index contributed by atoms with van der Waals surface area (Å²) in [5.74, 6) is 0.529. The average Bonchev–Trinajstić information content (AvgIpc) is 2.21. The molecule has 72 valence electrons. The van der Waals surface area contributed by atoms with Crippen molar-refractivity contribution in [3.05, 3.63) is 39.9 Å². The molecule has 0 atom stereocenters. The Morgan fingerprint density at radius 2 is 2.08 bits per heavy atom. The summed E-state index contributed by atoms with van der Waals surface area (Å²) < 4.78 is 0. The molecule has 0 bridgehead atoms. The van der Waals surface area contributed by atoms with Crippen LogP contribution >= 0.6 is 12.6 Å². The molecule has 0 radical (unpaired) electrons. The van der Waals surface area contributed by atoms with Crippen LogP contribution in [0.3, 0.4) is 0 Å². The second-order valence-electron chi connectivity index (χ2n) is 2.09. The molecule has 0 aliphatic heterocycles. The largest absolute Gasteiger partial charge is 0.269 e. The third-order valence-corrected chi connectivity index (χ3v) is 1.67. The maximum Gasteiger partial charge on any atom is 0.269 e. The summed E-state index contributed by atoms with van der Waals surface area (Å²) in [4.78, 5) is 9.84. The van der Waals surface area contributed by atoms with Crippen molar-refractivity contribution in [2.75, 3.05) is 0 Å². The number of thiol groups is 1. The Morgan fingerprint density at radius 3 is 2.54 bits per heavy atom. The van der Waals surface area contributed by atoms with Gasteiger partial charge in [-0.15, -0.1) is 0 Å². The number of hydrogen-bond acceptors (Lipinski definition) is 3. The summed E-state index contributed by atoms with van der Waals surface area (Å²) in [6, 6.07) is 6.45. The highest BCUT2D eigenvalue weighted by molar-refractivity contribution is 7.79. The minimum atomic E-state index is -0.410. The molecular weight excluding hydrogens is 186 g/mol. The normalized spacial score (nSPS) is 8.54. The van der Waals surface area contributed by atoms with Gasteiger partial charge in [0.1, 0.15) is 0 Å². The molecule has 1 aromatic carbocycles. The smallest absolute Gasteiger partial charge is 0.258 e. The minimum Gasteiger partial charge on any atom is -0.258 e. The van der Waals surface area contributed by atoms with Gasteiger partial charge in [0.25, 0.3) is 5.69 Å². The van der Waals surface area contributed by atoms with E-state index in [1.807, 2.05) is 13.8 Å². The van der Waals surface area contributed by atoms with Crippen LogP contribution < -0.4 is 0 Å². The molecule has 0 saturated carbocycles. The van der Waals surface area contributed by atoms with Gasteiger partial charge in [0.15, 0.2) is 0 Å². The lowest BCUT2D eigenvalue weighted by Crippen LogP contribution is -1.88. The van der Waals surface area contributed by atoms with Crippen LogP contribution in [0.15, 0.2) is 24.3 Å². The van der Waals surface area contributed by atoms with Gasteiger partial charge in [-0.1, -0.05) is 26.0 Å². The van der Waals surface area contributed by atoms with Crippen molar-refractivity contribution in [1.29, 1.82) is 0 Å². The van der Waals surface area contributed by atoms with Crippen molar-refractivity contribution in [1.82, 2.24) is 0 Å². The van der Waals surface area contributed by atoms with E-state index in [0.29, 0.717) is 5.75 Å². The Kier molecular flexibility index (Phi) is 5.97. The second kappa shape index (κ2) is 6.48. The summed E-state index contributed by atoms with van der Waals surface area (Å²) in [5.41, 5.74) is 0.985. The van der Waals surface area contributed by atoms with E-state index in [1.165, 1.54) is 12.1 Å². The number of rotatable bonds is 2. The quantitative estimate of drug-likeness (QED) is 0.452. The summed E-state index contributed by atoms with van der Waals surface area (Å²) in [7, 11) is 0. The number of non-ortho nitro benzene ring substituents is 1. The zero-order valence-electron chi connectivity index (χ0n) is 7.73. The van der Waals surface area contributed by atoms with Crippen molar-refractivity contribution in [3.63, 3.8) is 0 Å². The lowest BCUT2D eigenvalue weighted by Gasteiger charge is -1.93. The molecule has 0 N–H and O–H groups in total. The fraction of sp³-hybridized carbons (Fsp3) is 0.333. The molecular formula is C9H13NO2S. The third kappa shape index (κ3) is 3.94. The van der Waals surface area contributed by atoms with Crippen molar-refractivity contribution in [2.45, 2.75) is 19.6 Å². The van der Waals surface area contributed by atoms with Gasteiger partial charge in [-0.3, -0.25) is 10.1 Å². The monoisotopic (exact) mass is 199 g/mol. The van der Waals surface area contributed by atoms with Crippen LogP contribution in [-0.4, -0.2) is 4.92 Å². The van der Waals surface area contributed by atoms with Crippen LogP contribution in [0.1, 0.15) is 19.4 Å². The van der Waals surface area contributed by atoms with E-state index in [-0.39, 0.29) is 5.69 Å². The highest BCUT2D eigenvalue weighted by Crippen LogP contribution is 2.13. The molecule has 13 heavy (non-hydrogen) atoms. The Morgan fingerprint density at radius 1 is 1.46 bits per heavy atom. The fourth-order valence-electron chi connectivity index (χ4n) is 0.768. The van der Waals surface area contributed by atoms with Crippen molar-refractivity contribution in [2.24, 2.45) is 0 Å². The molecule has 0 spiro atoms. The Bertz CT molecular complexity index is 276. The van der Waals surface area contributed by atoms with Gasteiger partial charge in [-0.2, -0.15) is 12.6 Å². The number of nitrogens with zero attached hydrogens (tertiary/aromatic N) is 1. The van der Waals surface area contributed by atoms with Crippen LogP contribution in [0.5, 0.6) is 0 Å². The molecule has 1 rings (SSSR count). The van der Waals surface area contributed by atoms with Gasteiger partial charge in [0, 0.05) is 17.9 Å². The summed E-state index contributed by atoms with van der Waals surface area (Å²) in [6.45, 7) is 4.00. The molecule has 1 aromatic rings.